The normalized spacial score (nSPS) is 19.4. The number of carboxylic acids is 1. The van der Waals surface area contributed by atoms with E-state index in [1.807, 2.05) is 18.2 Å². The number of imidazole rings is 1. The number of hydrogen-bond donors (Lipinski definition) is 1. The molecule has 2 heterocycles. The molecule has 5 nitrogen and oxygen atoms in total. The number of hydrogen-bond acceptors (Lipinski definition) is 3. The van der Waals surface area contributed by atoms with Gasteiger partial charge in [-0.25, -0.2) is 4.98 Å². The molecule has 112 valence electrons. The lowest BCUT2D eigenvalue weighted by Crippen LogP contribution is -2.28. The van der Waals surface area contributed by atoms with Crippen molar-refractivity contribution in [2.45, 2.75) is 38.8 Å². The van der Waals surface area contributed by atoms with Gasteiger partial charge >= 0.3 is 5.97 Å². The number of carboxylic acid groups (broad SMARTS) is 1. The number of aromatic nitrogens is 2. The molecule has 0 spiro atoms. The van der Waals surface area contributed by atoms with Gasteiger partial charge in [0.25, 0.3) is 0 Å². The van der Waals surface area contributed by atoms with Crippen molar-refractivity contribution in [3.63, 3.8) is 0 Å². The van der Waals surface area contributed by atoms with E-state index in [2.05, 4.69) is 22.5 Å². The van der Waals surface area contributed by atoms with Crippen LogP contribution < -0.4 is 0 Å². The van der Waals surface area contributed by atoms with Crippen molar-refractivity contribution in [2.75, 3.05) is 13.1 Å². The van der Waals surface area contributed by atoms with Gasteiger partial charge in [0.15, 0.2) is 0 Å². The van der Waals surface area contributed by atoms with E-state index in [0.29, 0.717) is 6.54 Å². The quantitative estimate of drug-likeness (QED) is 0.918. The van der Waals surface area contributed by atoms with E-state index in [4.69, 9.17) is 10.1 Å². The summed E-state index contributed by atoms with van der Waals surface area (Å²) in [5.41, 5.74) is 2.19. The summed E-state index contributed by atoms with van der Waals surface area (Å²) in [6.45, 7) is 4.59. The molecular formula is C16H21N3O2. The monoisotopic (exact) mass is 287 g/mol. The molecule has 0 aliphatic carbocycles. The smallest absolute Gasteiger partial charge is 0.304 e. The van der Waals surface area contributed by atoms with Gasteiger partial charge < -0.3 is 9.67 Å². The van der Waals surface area contributed by atoms with Crippen LogP contribution in [0.4, 0.5) is 0 Å². The lowest BCUT2D eigenvalue weighted by molar-refractivity contribution is -0.137. The number of likely N-dealkylation sites (tertiary alicyclic amines) is 1. The van der Waals surface area contributed by atoms with E-state index in [1.165, 1.54) is 5.52 Å². The number of para-hydroxylation sites is 2. The number of nitrogens with zero attached hydrogens (tertiary/aromatic N) is 3. The third-order valence-corrected chi connectivity index (χ3v) is 4.27. The van der Waals surface area contributed by atoms with Crippen molar-refractivity contribution < 1.29 is 9.90 Å². The maximum atomic E-state index is 10.8. The predicted octanol–water partition coefficient (Wildman–Crippen LogP) is 2.67. The maximum Gasteiger partial charge on any atom is 0.304 e. The summed E-state index contributed by atoms with van der Waals surface area (Å²) in [5, 5.41) is 8.90. The third kappa shape index (κ3) is 2.65. The second-order valence-corrected chi connectivity index (χ2v) is 5.54. The van der Waals surface area contributed by atoms with Crippen molar-refractivity contribution in [3.8, 4) is 0 Å². The van der Waals surface area contributed by atoms with Crippen LogP contribution in [0.15, 0.2) is 24.3 Å². The van der Waals surface area contributed by atoms with Gasteiger partial charge in [-0.3, -0.25) is 9.69 Å². The molecule has 21 heavy (non-hydrogen) atoms. The molecule has 5 heteroatoms. The van der Waals surface area contributed by atoms with Crippen LogP contribution in [0.5, 0.6) is 0 Å². The highest BCUT2D eigenvalue weighted by atomic mass is 16.4. The van der Waals surface area contributed by atoms with E-state index in [0.717, 1.165) is 37.3 Å². The zero-order valence-electron chi connectivity index (χ0n) is 12.3. The van der Waals surface area contributed by atoms with E-state index >= 15 is 0 Å². The zero-order valence-corrected chi connectivity index (χ0v) is 12.3. The molecule has 1 N–H and O–H groups in total. The highest BCUT2D eigenvalue weighted by Crippen LogP contribution is 2.33. The van der Waals surface area contributed by atoms with Gasteiger partial charge in [-0.05, 0) is 38.4 Å². The summed E-state index contributed by atoms with van der Waals surface area (Å²) >= 11 is 0. The molecular weight excluding hydrogens is 266 g/mol. The number of aliphatic carboxylic acids is 1. The van der Waals surface area contributed by atoms with Crippen LogP contribution in [-0.2, 0) is 11.3 Å². The highest BCUT2D eigenvalue weighted by Gasteiger charge is 2.30. The van der Waals surface area contributed by atoms with Crippen molar-refractivity contribution in [1.29, 1.82) is 0 Å². The molecule has 1 aliphatic heterocycles. The number of aryl methyl sites for hydroxylation is 1. The fourth-order valence-electron chi connectivity index (χ4n) is 3.31. The summed E-state index contributed by atoms with van der Waals surface area (Å²) in [7, 11) is 0. The first kappa shape index (κ1) is 14.1. The van der Waals surface area contributed by atoms with Crippen molar-refractivity contribution in [2.24, 2.45) is 0 Å². The molecule has 2 aromatic rings. The second-order valence-electron chi connectivity index (χ2n) is 5.54. The number of fused-ring (bicyclic) bond motifs is 1. The molecule has 1 saturated heterocycles. The van der Waals surface area contributed by atoms with Gasteiger partial charge in [0.2, 0.25) is 0 Å². The molecule has 0 saturated carbocycles. The van der Waals surface area contributed by atoms with Crippen molar-refractivity contribution in [1.82, 2.24) is 14.5 Å². The van der Waals surface area contributed by atoms with Crippen LogP contribution in [0.1, 0.15) is 38.1 Å². The van der Waals surface area contributed by atoms with E-state index < -0.39 is 5.97 Å². The van der Waals surface area contributed by atoms with Gasteiger partial charge in [-0.15, -0.1) is 0 Å². The van der Waals surface area contributed by atoms with E-state index in [-0.39, 0.29) is 12.5 Å². The summed E-state index contributed by atoms with van der Waals surface area (Å²) in [5.74, 6) is 0.353. The molecule has 1 unspecified atom stereocenters. The Kier molecular flexibility index (Phi) is 3.92. The first-order valence-corrected chi connectivity index (χ1v) is 7.61. The number of carbonyl (C=O) groups is 1. The summed E-state index contributed by atoms with van der Waals surface area (Å²) in [4.78, 5) is 17.9. The van der Waals surface area contributed by atoms with E-state index in [1.54, 1.807) is 0 Å². The fourth-order valence-corrected chi connectivity index (χ4v) is 3.31. The van der Waals surface area contributed by atoms with Gasteiger partial charge in [-0.2, -0.15) is 0 Å². The standard InChI is InChI=1S/C16H21N3O2/c1-2-19-13-7-4-3-6-12(13)17-16(19)14-8-5-10-18(14)11-9-15(20)21/h3-4,6-7,14H,2,5,8-11H2,1H3,(H,20,21). The Morgan fingerprint density at radius 1 is 1.43 bits per heavy atom. The lowest BCUT2D eigenvalue weighted by Gasteiger charge is -2.23. The minimum Gasteiger partial charge on any atom is -0.481 e. The minimum absolute atomic E-state index is 0.197. The Bertz CT molecular complexity index is 650. The Morgan fingerprint density at radius 2 is 2.24 bits per heavy atom. The van der Waals surface area contributed by atoms with Crippen LogP contribution in [0.25, 0.3) is 11.0 Å². The molecule has 1 aliphatic rings. The maximum absolute atomic E-state index is 10.8. The van der Waals surface area contributed by atoms with Crippen LogP contribution in [0.3, 0.4) is 0 Å². The average molecular weight is 287 g/mol. The summed E-state index contributed by atoms with van der Waals surface area (Å²) < 4.78 is 2.26. The SMILES string of the molecule is CCn1c(C2CCCN2CCC(=O)O)nc2ccccc21. The van der Waals surface area contributed by atoms with Gasteiger partial charge in [0.1, 0.15) is 5.82 Å². The number of rotatable bonds is 5. The average Bonchev–Trinajstić information content (AvgIpc) is 3.08. The molecule has 0 radical (unpaired) electrons. The number of benzene rings is 1. The first-order valence-electron chi connectivity index (χ1n) is 7.61. The molecule has 0 amide bonds. The fraction of sp³-hybridized carbons (Fsp3) is 0.500. The molecule has 3 rings (SSSR count). The summed E-state index contributed by atoms with van der Waals surface area (Å²) in [6, 6.07) is 8.44. The topological polar surface area (TPSA) is 58.4 Å². The Labute approximate surface area is 124 Å². The molecule has 1 fully saturated rings. The van der Waals surface area contributed by atoms with Crippen LogP contribution in [-0.4, -0.2) is 38.6 Å². The van der Waals surface area contributed by atoms with Gasteiger partial charge in [0, 0.05) is 13.1 Å². The largest absolute Gasteiger partial charge is 0.481 e. The van der Waals surface area contributed by atoms with Gasteiger partial charge in [0.05, 0.1) is 23.5 Å². The van der Waals surface area contributed by atoms with E-state index in [9.17, 15) is 4.79 Å². The van der Waals surface area contributed by atoms with Crippen LogP contribution >= 0.6 is 0 Å². The lowest BCUT2D eigenvalue weighted by atomic mass is 10.2. The molecule has 0 bridgehead atoms. The molecule has 1 aromatic carbocycles. The Hall–Kier alpha value is -1.88. The minimum atomic E-state index is -0.732. The van der Waals surface area contributed by atoms with Crippen molar-refractivity contribution >= 4 is 17.0 Å². The van der Waals surface area contributed by atoms with Crippen molar-refractivity contribution in [3.05, 3.63) is 30.1 Å². The second kappa shape index (κ2) is 5.85. The van der Waals surface area contributed by atoms with Crippen LogP contribution in [0, 0.1) is 0 Å². The highest BCUT2D eigenvalue weighted by molar-refractivity contribution is 5.76. The molecule has 1 aromatic heterocycles. The third-order valence-electron chi connectivity index (χ3n) is 4.27. The molecule has 1 atom stereocenters. The predicted molar refractivity (Wildman–Crippen MR) is 81.2 cm³/mol. The zero-order chi connectivity index (χ0) is 14.8. The Morgan fingerprint density at radius 3 is 3.00 bits per heavy atom. The Balaban J connectivity index is 1.93. The van der Waals surface area contributed by atoms with Crippen LogP contribution in [0.2, 0.25) is 0 Å². The summed E-state index contributed by atoms with van der Waals surface area (Å²) in [6.07, 6.45) is 2.36. The van der Waals surface area contributed by atoms with Gasteiger partial charge in [-0.1, -0.05) is 12.1 Å². The first-order chi connectivity index (χ1) is 10.2.